The molecule has 1 aromatic carbocycles. The van der Waals surface area contributed by atoms with Crippen LogP contribution in [0.4, 0.5) is 18.9 Å². The average Bonchev–Trinajstić information content (AvgIpc) is 2.93. The van der Waals surface area contributed by atoms with E-state index in [1.165, 1.54) is 9.80 Å². The molecule has 1 N–H and O–H groups in total. The Kier molecular flexibility index (Phi) is 5.48. The molecule has 0 radical (unpaired) electrons. The van der Waals surface area contributed by atoms with E-state index in [0.717, 1.165) is 0 Å². The lowest BCUT2D eigenvalue weighted by molar-refractivity contribution is -0.188. The Bertz CT molecular complexity index is 592. The highest BCUT2D eigenvalue weighted by molar-refractivity contribution is 5.94. The number of hydrogen-bond donors (Lipinski definition) is 1. The van der Waals surface area contributed by atoms with Crippen molar-refractivity contribution in [3.05, 3.63) is 30.3 Å². The SMILES string of the molecule is CCN(C(=O)CN1C[C@@H](C(F)(F)F)[C@H](C(=O)O)C1)c1ccccc1. The first-order valence-corrected chi connectivity index (χ1v) is 7.61. The fraction of sp³-hybridized carbons (Fsp3) is 0.500. The molecule has 0 spiro atoms. The van der Waals surface area contributed by atoms with Gasteiger partial charge in [-0.1, -0.05) is 18.2 Å². The van der Waals surface area contributed by atoms with Gasteiger partial charge in [0.05, 0.1) is 18.4 Å². The van der Waals surface area contributed by atoms with Crippen molar-refractivity contribution in [3.8, 4) is 0 Å². The number of hydrogen-bond acceptors (Lipinski definition) is 3. The summed E-state index contributed by atoms with van der Waals surface area (Å²) in [5.74, 6) is -5.32. The summed E-state index contributed by atoms with van der Waals surface area (Å²) in [7, 11) is 0. The van der Waals surface area contributed by atoms with Gasteiger partial charge in [0, 0.05) is 25.3 Å². The molecule has 24 heavy (non-hydrogen) atoms. The lowest BCUT2D eigenvalue weighted by Gasteiger charge is -2.24. The third-order valence-electron chi connectivity index (χ3n) is 4.18. The Balaban J connectivity index is 2.08. The van der Waals surface area contributed by atoms with Crippen LogP contribution in [0.5, 0.6) is 0 Å². The third kappa shape index (κ3) is 4.05. The van der Waals surface area contributed by atoms with Crippen molar-refractivity contribution in [1.82, 2.24) is 4.90 Å². The summed E-state index contributed by atoms with van der Waals surface area (Å²) in [6.07, 6.45) is -4.59. The first-order chi connectivity index (χ1) is 11.2. The van der Waals surface area contributed by atoms with E-state index >= 15 is 0 Å². The fourth-order valence-electron chi connectivity index (χ4n) is 2.98. The Morgan fingerprint density at radius 3 is 2.33 bits per heavy atom. The first kappa shape index (κ1) is 18.3. The van der Waals surface area contributed by atoms with Crippen molar-refractivity contribution in [2.45, 2.75) is 13.1 Å². The monoisotopic (exact) mass is 344 g/mol. The summed E-state index contributed by atoms with van der Waals surface area (Å²) in [6, 6.07) is 8.81. The summed E-state index contributed by atoms with van der Waals surface area (Å²) in [6.45, 7) is 1.16. The van der Waals surface area contributed by atoms with Crippen molar-refractivity contribution in [1.29, 1.82) is 0 Å². The molecule has 0 bridgehead atoms. The number of carboxylic acid groups (broad SMARTS) is 1. The summed E-state index contributed by atoms with van der Waals surface area (Å²) < 4.78 is 39.0. The molecule has 0 aliphatic carbocycles. The number of likely N-dealkylation sites (N-methyl/N-ethyl adjacent to an activating group) is 1. The van der Waals surface area contributed by atoms with Gasteiger partial charge in [-0.2, -0.15) is 13.2 Å². The number of carbonyl (C=O) groups excluding carboxylic acids is 1. The normalized spacial score (nSPS) is 21.7. The number of carbonyl (C=O) groups is 2. The van der Waals surface area contributed by atoms with E-state index in [-0.39, 0.29) is 19.0 Å². The summed E-state index contributed by atoms with van der Waals surface area (Å²) >= 11 is 0. The molecule has 1 fully saturated rings. The van der Waals surface area contributed by atoms with Gasteiger partial charge in [0.25, 0.3) is 0 Å². The second kappa shape index (κ2) is 7.21. The molecule has 1 amide bonds. The predicted octanol–water partition coefficient (Wildman–Crippen LogP) is 2.23. The van der Waals surface area contributed by atoms with Crippen LogP contribution in [0.3, 0.4) is 0 Å². The number of para-hydroxylation sites is 1. The van der Waals surface area contributed by atoms with E-state index in [4.69, 9.17) is 5.11 Å². The van der Waals surface area contributed by atoms with Crippen molar-refractivity contribution in [2.75, 3.05) is 31.1 Å². The van der Waals surface area contributed by atoms with Crippen LogP contribution in [0.1, 0.15) is 6.92 Å². The van der Waals surface area contributed by atoms with Gasteiger partial charge in [0.2, 0.25) is 5.91 Å². The van der Waals surface area contributed by atoms with Gasteiger partial charge >= 0.3 is 12.1 Å². The smallest absolute Gasteiger partial charge is 0.393 e. The van der Waals surface area contributed by atoms with E-state index in [1.54, 1.807) is 37.3 Å². The highest BCUT2D eigenvalue weighted by Crippen LogP contribution is 2.37. The number of benzene rings is 1. The molecule has 0 saturated carbocycles. The van der Waals surface area contributed by atoms with Gasteiger partial charge in [-0.05, 0) is 19.1 Å². The van der Waals surface area contributed by atoms with Crippen molar-refractivity contribution in [2.24, 2.45) is 11.8 Å². The number of amides is 1. The molecule has 2 atom stereocenters. The van der Waals surface area contributed by atoms with Crippen LogP contribution < -0.4 is 4.90 Å². The summed E-state index contributed by atoms with van der Waals surface area (Å²) in [4.78, 5) is 26.2. The van der Waals surface area contributed by atoms with E-state index in [9.17, 15) is 22.8 Å². The largest absolute Gasteiger partial charge is 0.481 e. The Morgan fingerprint density at radius 1 is 1.25 bits per heavy atom. The minimum absolute atomic E-state index is 0.237. The molecule has 0 unspecified atom stereocenters. The van der Waals surface area contributed by atoms with Crippen molar-refractivity contribution >= 4 is 17.6 Å². The number of anilines is 1. The van der Waals surface area contributed by atoms with Gasteiger partial charge in [-0.15, -0.1) is 0 Å². The average molecular weight is 344 g/mol. The van der Waals surface area contributed by atoms with Gasteiger partial charge in [0.1, 0.15) is 0 Å². The number of nitrogens with zero attached hydrogens (tertiary/aromatic N) is 2. The Hall–Kier alpha value is -2.09. The molecule has 0 aromatic heterocycles. The fourth-order valence-corrected chi connectivity index (χ4v) is 2.98. The Morgan fingerprint density at radius 2 is 1.88 bits per heavy atom. The van der Waals surface area contributed by atoms with Crippen LogP contribution in [0.25, 0.3) is 0 Å². The minimum Gasteiger partial charge on any atom is -0.481 e. The predicted molar refractivity (Wildman–Crippen MR) is 81.6 cm³/mol. The van der Waals surface area contributed by atoms with Gasteiger partial charge in [-0.25, -0.2) is 0 Å². The molecular weight excluding hydrogens is 325 g/mol. The lowest BCUT2D eigenvalue weighted by Crippen LogP contribution is -2.40. The second-order valence-electron chi connectivity index (χ2n) is 5.76. The number of halogens is 3. The Labute approximate surface area is 137 Å². The zero-order valence-corrected chi connectivity index (χ0v) is 13.2. The van der Waals surface area contributed by atoms with Crippen LogP contribution in [-0.4, -0.2) is 54.2 Å². The van der Waals surface area contributed by atoms with E-state index in [2.05, 4.69) is 0 Å². The van der Waals surface area contributed by atoms with Gasteiger partial charge in [0.15, 0.2) is 0 Å². The van der Waals surface area contributed by atoms with Gasteiger partial charge in [-0.3, -0.25) is 14.5 Å². The van der Waals surface area contributed by atoms with Crippen molar-refractivity contribution < 1.29 is 27.9 Å². The molecule has 1 aliphatic rings. The minimum atomic E-state index is -4.59. The molecule has 8 heteroatoms. The summed E-state index contributed by atoms with van der Waals surface area (Å²) in [5, 5.41) is 9.01. The molecule has 1 aliphatic heterocycles. The highest BCUT2D eigenvalue weighted by Gasteiger charge is 2.52. The highest BCUT2D eigenvalue weighted by atomic mass is 19.4. The molecule has 132 valence electrons. The maximum atomic E-state index is 13.0. The second-order valence-corrected chi connectivity index (χ2v) is 5.76. The zero-order chi connectivity index (χ0) is 17.9. The number of carboxylic acids is 1. The zero-order valence-electron chi connectivity index (χ0n) is 13.2. The molecule has 2 rings (SSSR count). The van der Waals surface area contributed by atoms with E-state index in [1.807, 2.05) is 0 Å². The third-order valence-corrected chi connectivity index (χ3v) is 4.18. The number of likely N-dealkylation sites (tertiary alicyclic amines) is 1. The van der Waals surface area contributed by atoms with Crippen LogP contribution in [0.15, 0.2) is 30.3 Å². The molecule has 1 aromatic rings. The van der Waals surface area contributed by atoms with Crippen LogP contribution in [-0.2, 0) is 9.59 Å². The number of aliphatic carboxylic acids is 1. The van der Waals surface area contributed by atoms with Gasteiger partial charge < -0.3 is 10.0 Å². The van der Waals surface area contributed by atoms with Crippen LogP contribution in [0.2, 0.25) is 0 Å². The first-order valence-electron chi connectivity index (χ1n) is 7.61. The van der Waals surface area contributed by atoms with E-state index < -0.39 is 30.5 Å². The molecular formula is C16H19F3N2O3. The van der Waals surface area contributed by atoms with Crippen LogP contribution >= 0.6 is 0 Å². The van der Waals surface area contributed by atoms with Crippen molar-refractivity contribution in [3.63, 3.8) is 0 Å². The summed E-state index contributed by atoms with van der Waals surface area (Å²) in [5.41, 5.74) is 0.659. The topological polar surface area (TPSA) is 60.9 Å². The molecule has 1 saturated heterocycles. The van der Waals surface area contributed by atoms with Crippen LogP contribution in [0, 0.1) is 11.8 Å². The number of alkyl halides is 3. The molecule has 5 nitrogen and oxygen atoms in total. The quantitative estimate of drug-likeness (QED) is 0.890. The standard InChI is InChI=1S/C16H19F3N2O3/c1-2-21(11-6-4-3-5-7-11)14(22)10-20-8-12(15(23)24)13(9-20)16(17,18)19/h3-7,12-13H,2,8-10H2,1H3,(H,23,24)/t12-,13-/m1/s1. The lowest BCUT2D eigenvalue weighted by atomic mass is 9.96. The maximum absolute atomic E-state index is 13.0. The number of rotatable bonds is 5. The molecule has 1 heterocycles. The maximum Gasteiger partial charge on any atom is 0.393 e. The van der Waals surface area contributed by atoms with E-state index in [0.29, 0.717) is 12.2 Å².